The quantitative estimate of drug-likeness (QED) is 0.216. The van der Waals surface area contributed by atoms with Gasteiger partial charge in [0.05, 0.1) is 20.8 Å². The molecule has 3 N–H and O–H groups in total. The molecule has 3 fully saturated rings. The number of carbonyl (C=O) groups excluding carboxylic acids is 1. The minimum atomic E-state index is -0.940. The average Bonchev–Trinajstić information content (AvgIpc) is 3.86. The molecule has 8 rings (SSSR count). The van der Waals surface area contributed by atoms with Gasteiger partial charge in [0.1, 0.15) is 36.3 Å². The van der Waals surface area contributed by atoms with Crippen LogP contribution in [0.25, 0.3) is 32.2 Å². The van der Waals surface area contributed by atoms with E-state index in [4.69, 9.17) is 22.1 Å². The van der Waals surface area contributed by atoms with Crippen molar-refractivity contribution in [3.63, 3.8) is 0 Å². The van der Waals surface area contributed by atoms with Gasteiger partial charge in [-0.05, 0) is 50.4 Å². The maximum absolute atomic E-state index is 16.8. The lowest BCUT2D eigenvalue weighted by Gasteiger charge is -2.33. The molecule has 0 saturated carbocycles. The Morgan fingerprint density at radius 2 is 2.00 bits per heavy atom. The van der Waals surface area contributed by atoms with E-state index in [1.807, 2.05) is 0 Å². The van der Waals surface area contributed by atoms with Gasteiger partial charge in [0.15, 0.2) is 10.9 Å². The number of ether oxygens (including phenoxy) is 1. The zero-order valence-corrected chi connectivity index (χ0v) is 27.2. The standard InChI is InChI=1S/C32H31ClF3N9O2S/c33-21-12-20-25(24(36)23(21)19-2-3-22(35)27-26(19)40-29(37)48-27)41-30(47-15-32-6-1-8-45(32)14-17(34)13-32)42-28(20)39-18-4-9-43(10-5-18)31(46)44-11-7-38-16-44/h2-3,7,11-12,16-18H,1,4-6,8-10,13-15H2,(H2,37,40)(H,39,41,42)/t17-,32+/m1/s1. The van der Waals surface area contributed by atoms with Crippen molar-refractivity contribution in [1.82, 2.24) is 34.3 Å². The molecule has 3 aromatic heterocycles. The fraction of sp³-hybridized carbons (Fsp3) is 0.406. The predicted octanol–water partition coefficient (Wildman–Crippen LogP) is 6.12. The third-order valence-corrected chi connectivity index (χ3v) is 10.9. The SMILES string of the molecule is Nc1nc2c(-c3c(Cl)cc4c(NC5CCN(C(=O)n6ccnc6)CC5)nc(OC[C@@]56CCCN5C[C@H](F)C6)nc4c3F)ccc(F)c2s1. The molecule has 0 unspecified atom stereocenters. The smallest absolute Gasteiger partial charge is 0.329 e. The number of halogens is 4. The van der Waals surface area contributed by atoms with Crippen LogP contribution >= 0.6 is 22.9 Å². The first-order valence-electron chi connectivity index (χ1n) is 15.8. The number of anilines is 2. The van der Waals surface area contributed by atoms with E-state index in [2.05, 4.69) is 30.2 Å². The number of thiazole rings is 1. The van der Waals surface area contributed by atoms with Crippen molar-refractivity contribution >= 4 is 61.0 Å². The van der Waals surface area contributed by atoms with Gasteiger partial charge in [-0.2, -0.15) is 9.97 Å². The van der Waals surface area contributed by atoms with Crippen molar-refractivity contribution < 1.29 is 22.7 Å². The summed E-state index contributed by atoms with van der Waals surface area (Å²) >= 11 is 7.74. The Bertz CT molecular complexity index is 2040. The van der Waals surface area contributed by atoms with Gasteiger partial charge in [0.2, 0.25) is 0 Å². The molecule has 1 amide bonds. The second-order valence-corrected chi connectivity index (χ2v) is 14.1. The van der Waals surface area contributed by atoms with E-state index in [-0.39, 0.29) is 61.7 Å². The Labute approximate surface area is 281 Å². The molecule has 0 bridgehead atoms. The van der Waals surface area contributed by atoms with E-state index in [1.54, 1.807) is 23.4 Å². The average molecular weight is 698 g/mol. The summed E-state index contributed by atoms with van der Waals surface area (Å²) in [5.41, 5.74) is 5.85. The van der Waals surface area contributed by atoms with Gasteiger partial charge < -0.3 is 20.7 Å². The number of imidazole rings is 1. The lowest BCUT2D eigenvalue weighted by molar-refractivity contribution is 0.107. The number of benzene rings is 2. The van der Waals surface area contributed by atoms with Crippen molar-refractivity contribution in [3.8, 4) is 17.1 Å². The van der Waals surface area contributed by atoms with E-state index < -0.39 is 23.3 Å². The number of piperidine rings is 1. The maximum Gasteiger partial charge on any atom is 0.329 e. The first-order chi connectivity index (χ1) is 23.2. The Hall–Kier alpha value is -4.21. The third-order valence-electron chi connectivity index (χ3n) is 9.71. The Kier molecular flexibility index (Phi) is 7.79. The van der Waals surface area contributed by atoms with E-state index in [9.17, 15) is 13.6 Å². The molecule has 3 aliphatic rings. The molecule has 2 atom stereocenters. The number of carbonyl (C=O) groups is 1. The highest BCUT2D eigenvalue weighted by Gasteiger charge is 2.49. The van der Waals surface area contributed by atoms with Crippen molar-refractivity contribution in [3.05, 3.63) is 53.6 Å². The van der Waals surface area contributed by atoms with Crippen molar-refractivity contribution in [2.24, 2.45) is 0 Å². The Morgan fingerprint density at radius 1 is 1.17 bits per heavy atom. The number of alkyl halides is 1. The van der Waals surface area contributed by atoms with E-state index in [0.717, 1.165) is 30.7 Å². The largest absolute Gasteiger partial charge is 0.461 e. The number of nitrogens with zero attached hydrogens (tertiary/aromatic N) is 7. The number of amides is 1. The Morgan fingerprint density at radius 3 is 2.79 bits per heavy atom. The number of hydrogen-bond donors (Lipinski definition) is 2. The molecule has 0 radical (unpaired) electrons. The molecule has 48 heavy (non-hydrogen) atoms. The highest BCUT2D eigenvalue weighted by Crippen LogP contribution is 2.43. The van der Waals surface area contributed by atoms with Gasteiger partial charge in [-0.25, -0.2) is 27.9 Å². The van der Waals surface area contributed by atoms with Crippen molar-refractivity contribution in [1.29, 1.82) is 0 Å². The number of nitrogens with one attached hydrogen (secondary N) is 1. The zero-order chi connectivity index (χ0) is 33.2. The number of likely N-dealkylation sites (tertiary alicyclic amines) is 1. The van der Waals surface area contributed by atoms with Gasteiger partial charge in [-0.15, -0.1) is 0 Å². The summed E-state index contributed by atoms with van der Waals surface area (Å²) in [5, 5.41) is 3.95. The highest BCUT2D eigenvalue weighted by atomic mass is 35.5. The summed E-state index contributed by atoms with van der Waals surface area (Å²) < 4.78 is 53.7. The highest BCUT2D eigenvalue weighted by molar-refractivity contribution is 7.22. The molecule has 250 valence electrons. The maximum atomic E-state index is 16.8. The monoisotopic (exact) mass is 697 g/mol. The van der Waals surface area contributed by atoms with Gasteiger partial charge in [0, 0.05) is 61.0 Å². The molecule has 2 aromatic carbocycles. The first kappa shape index (κ1) is 31.1. The topological polar surface area (TPSA) is 127 Å². The molecular weight excluding hydrogens is 667 g/mol. The van der Waals surface area contributed by atoms with Gasteiger partial charge in [-0.1, -0.05) is 22.9 Å². The summed E-state index contributed by atoms with van der Waals surface area (Å²) in [7, 11) is 0. The second kappa shape index (κ2) is 12.0. The fourth-order valence-corrected chi connectivity index (χ4v) is 8.44. The van der Waals surface area contributed by atoms with E-state index in [1.165, 1.54) is 23.0 Å². The van der Waals surface area contributed by atoms with Crippen LogP contribution in [-0.2, 0) is 0 Å². The zero-order valence-electron chi connectivity index (χ0n) is 25.6. The fourth-order valence-electron chi connectivity index (χ4n) is 7.38. The summed E-state index contributed by atoms with van der Waals surface area (Å²) in [4.78, 5) is 34.1. The van der Waals surface area contributed by atoms with Crippen molar-refractivity contribution in [2.45, 2.75) is 49.9 Å². The second-order valence-electron chi connectivity index (χ2n) is 12.6. The van der Waals surface area contributed by atoms with Crippen LogP contribution in [0.4, 0.5) is 28.9 Å². The van der Waals surface area contributed by atoms with Crippen LogP contribution in [0.2, 0.25) is 5.02 Å². The lowest BCUT2D eigenvalue weighted by Crippen LogP contribution is -2.44. The van der Waals surface area contributed by atoms with Gasteiger partial charge in [-0.3, -0.25) is 9.47 Å². The molecule has 0 spiro atoms. The van der Waals surface area contributed by atoms with Crippen LogP contribution in [0, 0.1) is 11.6 Å². The van der Waals surface area contributed by atoms with Crippen LogP contribution in [0.1, 0.15) is 32.1 Å². The first-order valence-corrected chi connectivity index (χ1v) is 17.0. The van der Waals surface area contributed by atoms with E-state index >= 15 is 4.39 Å². The van der Waals surface area contributed by atoms with Crippen LogP contribution in [0.5, 0.6) is 6.01 Å². The van der Waals surface area contributed by atoms with Crippen LogP contribution in [-0.4, -0.2) is 90.9 Å². The molecule has 11 nitrogen and oxygen atoms in total. The molecule has 3 aliphatic heterocycles. The summed E-state index contributed by atoms with van der Waals surface area (Å²) in [6.07, 6.45) is 6.98. The van der Waals surface area contributed by atoms with E-state index in [0.29, 0.717) is 50.1 Å². The number of rotatable bonds is 6. The Balaban J connectivity index is 1.16. The summed E-state index contributed by atoms with van der Waals surface area (Å²) in [6, 6.07) is 3.90. The summed E-state index contributed by atoms with van der Waals surface area (Å²) in [5.74, 6) is -0.955. The minimum absolute atomic E-state index is 0.00184. The number of nitrogens with two attached hydrogens (primary N) is 1. The minimum Gasteiger partial charge on any atom is -0.461 e. The molecule has 5 aromatic rings. The van der Waals surface area contributed by atoms with Crippen LogP contribution < -0.4 is 15.8 Å². The van der Waals surface area contributed by atoms with Gasteiger partial charge >= 0.3 is 12.0 Å². The van der Waals surface area contributed by atoms with Crippen molar-refractivity contribution in [2.75, 3.05) is 43.8 Å². The molecule has 16 heteroatoms. The third kappa shape index (κ3) is 5.37. The van der Waals surface area contributed by atoms with Crippen LogP contribution in [0.15, 0.2) is 36.9 Å². The number of fused-ring (bicyclic) bond motifs is 3. The number of hydrogen-bond acceptors (Lipinski definition) is 10. The molecule has 6 heterocycles. The predicted molar refractivity (Wildman–Crippen MR) is 177 cm³/mol. The molecule has 0 aliphatic carbocycles. The molecular formula is C32H31ClF3N9O2S. The van der Waals surface area contributed by atoms with Crippen LogP contribution in [0.3, 0.4) is 0 Å². The normalized spacial score (nSPS) is 21.8. The number of nitrogen functional groups attached to an aromatic ring is 1. The number of aromatic nitrogens is 5. The van der Waals surface area contributed by atoms with Gasteiger partial charge in [0.25, 0.3) is 0 Å². The lowest BCUT2D eigenvalue weighted by atomic mass is 9.95. The summed E-state index contributed by atoms with van der Waals surface area (Å²) in [6.45, 7) is 2.29. The molecule has 3 saturated heterocycles.